The van der Waals surface area contributed by atoms with Gasteiger partial charge in [0, 0.05) is 10.9 Å². The van der Waals surface area contributed by atoms with Crippen molar-refractivity contribution >= 4 is 15.9 Å². The molecular formula is C14H12BrFO. The fourth-order valence-corrected chi connectivity index (χ4v) is 2.33. The molecule has 0 aliphatic carbocycles. The summed E-state index contributed by atoms with van der Waals surface area (Å²) in [6.07, 6.45) is -0.113. The summed E-state index contributed by atoms with van der Waals surface area (Å²) in [6.45, 7) is 0. The first-order valence-electron chi connectivity index (χ1n) is 5.34. The van der Waals surface area contributed by atoms with Gasteiger partial charge >= 0.3 is 0 Å². The number of hydrogen-bond donors (Lipinski definition) is 1. The molecule has 1 N–H and O–H groups in total. The summed E-state index contributed by atoms with van der Waals surface area (Å²) >= 11 is 3.26. The number of aliphatic hydroxyl groups excluding tert-OH is 1. The molecule has 0 heterocycles. The third-order valence-electron chi connectivity index (χ3n) is 2.59. The molecular weight excluding hydrogens is 283 g/mol. The van der Waals surface area contributed by atoms with Crippen LogP contribution < -0.4 is 0 Å². The van der Waals surface area contributed by atoms with Crippen molar-refractivity contribution in [1.82, 2.24) is 0 Å². The molecule has 1 atom stereocenters. The molecule has 3 heteroatoms. The van der Waals surface area contributed by atoms with Gasteiger partial charge in [0.25, 0.3) is 0 Å². The zero-order valence-electron chi connectivity index (χ0n) is 9.11. The van der Waals surface area contributed by atoms with Crippen LogP contribution in [0, 0.1) is 5.82 Å². The lowest BCUT2D eigenvalue weighted by molar-refractivity contribution is 0.177. The summed E-state index contributed by atoms with van der Waals surface area (Å²) in [7, 11) is 0. The topological polar surface area (TPSA) is 20.2 Å². The van der Waals surface area contributed by atoms with Crippen LogP contribution in [0.2, 0.25) is 0 Å². The van der Waals surface area contributed by atoms with Crippen LogP contribution in [0.25, 0.3) is 0 Å². The average molecular weight is 295 g/mol. The predicted molar refractivity (Wildman–Crippen MR) is 69.2 cm³/mol. The van der Waals surface area contributed by atoms with Crippen LogP contribution in [0.15, 0.2) is 53.0 Å². The van der Waals surface area contributed by atoms with Gasteiger partial charge in [0.2, 0.25) is 0 Å². The van der Waals surface area contributed by atoms with Crippen molar-refractivity contribution in [3.8, 4) is 0 Å². The van der Waals surface area contributed by atoms with Crippen molar-refractivity contribution in [2.75, 3.05) is 0 Å². The SMILES string of the molecule is OC(Cc1ccccc1)c1ccc(F)cc1Br. The van der Waals surface area contributed by atoms with Gasteiger partial charge in [0.15, 0.2) is 0 Å². The van der Waals surface area contributed by atoms with Crippen LogP contribution in [0.4, 0.5) is 4.39 Å². The highest BCUT2D eigenvalue weighted by atomic mass is 79.9. The molecule has 0 saturated carbocycles. The molecule has 0 radical (unpaired) electrons. The first-order chi connectivity index (χ1) is 8.16. The zero-order valence-corrected chi connectivity index (χ0v) is 10.7. The van der Waals surface area contributed by atoms with Gasteiger partial charge in [-0.15, -0.1) is 0 Å². The van der Waals surface area contributed by atoms with E-state index in [1.165, 1.54) is 12.1 Å². The number of halogens is 2. The summed E-state index contributed by atoms with van der Waals surface area (Å²) in [4.78, 5) is 0. The smallest absolute Gasteiger partial charge is 0.124 e. The van der Waals surface area contributed by atoms with Gasteiger partial charge in [-0.1, -0.05) is 52.3 Å². The molecule has 0 spiro atoms. The van der Waals surface area contributed by atoms with Gasteiger partial charge in [0.05, 0.1) is 6.10 Å². The van der Waals surface area contributed by atoms with Crippen molar-refractivity contribution in [3.63, 3.8) is 0 Å². The highest BCUT2D eigenvalue weighted by Gasteiger charge is 2.12. The molecule has 2 rings (SSSR count). The standard InChI is InChI=1S/C14H12BrFO/c15-13-9-11(16)6-7-12(13)14(17)8-10-4-2-1-3-5-10/h1-7,9,14,17H,8H2. The van der Waals surface area contributed by atoms with Crippen molar-refractivity contribution in [2.24, 2.45) is 0 Å². The molecule has 2 aromatic carbocycles. The molecule has 0 aliphatic heterocycles. The van der Waals surface area contributed by atoms with Gasteiger partial charge in [0.1, 0.15) is 5.82 Å². The van der Waals surface area contributed by atoms with Gasteiger partial charge < -0.3 is 5.11 Å². The Bertz CT molecular complexity index is 499. The quantitative estimate of drug-likeness (QED) is 0.911. The molecule has 0 saturated heterocycles. The summed E-state index contributed by atoms with van der Waals surface area (Å²) < 4.78 is 13.5. The van der Waals surface area contributed by atoms with E-state index >= 15 is 0 Å². The first-order valence-corrected chi connectivity index (χ1v) is 6.13. The molecule has 1 unspecified atom stereocenters. The van der Waals surface area contributed by atoms with Crippen molar-refractivity contribution in [1.29, 1.82) is 0 Å². The second kappa shape index (κ2) is 5.43. The van der Waals surface area contributed by atoms with E-state index in [1.807, 2.05) is 30.3 Å². The van der Waals surface area contributed by atoms with E-state index < -0.39 is 6.10 Å². The Morgan fingerprint density at radius 2 is 1.82 bits per heavy atom. The summed E-state index contributed by atoms with van der Waals surface area (Å²) in [5.41, 5.74) is 1.76. The van der Waals surface area contributed by atoms with E-state index in [2.05, 4.69) is 15.9 Å². The molecule has 0 aromatic heterocycles. The van der Waals surface area contributed by atoms with Gasteiger partial charge in [-0.05, 0) is 23.3 Å². The molecule has 88 valence electrons. The van der Waals surface area contributed by atoms with Crippen LogP contribution in [-0.2, 0) is 6.42 Å². The van der Waals surface area contributed by atoms with Crippen molar-refractivity contribution in [3.05, 3.63) is 69.9 Å². The monoisotopic (exact) mass is 294 g/mol. The van der Waals surface area contributed by atoms with E-state index in [1.54, 1.807) is 6.07 Å². The molecule has 0 amide bonds. The van der Waals surface area contributed by atoms with Crippen molar-refractivity contribution in [2.45, 2.75) is 12.5 Å². The molecule has 1 nitrogen and oxygen atoms in total. The Morgan fingerprint density at radius 1 is 1.12 bits per heavy atom. The maximum absolute atomic E-state index is 12.9. The lowest BCUT2D eigenvalue weighted by atomic mass is 10.0. The second-order valence-electron chi connectivity index (χ2n) is 3.87. The summed E-state index contributed by atoms with van der Waals surface area (Å²) in [5.74, 6) is -0.312. The Hall–Kier alpha value is -1.19. The first kappa shape index (κ1) is 12.3. The highest BCUT2D eigenvalue weighted by Crippen LogP contribution is 2.26. The van der Waals surface area contributed by atoms with Crippen LogP contribution in [0.1, 0.15) is 17.2 Å². The molecule has 0 aliphatic rings. The maximum atomic E-state index is 12.9. The highest BCUT2D eigenvalue weighted by molar-refractivity contribution is 9.10. The van der Waals surface area contributed by atoms with Gasteiger partial charge in [-0.25, -0.2) is 4.39 Å². The van der Waals surface area contributed by atoms with Gasteiger partial charge in [-0.2, -0.15) is 0 Å². The molecule has 17 heavy (non-hydrogen) atoms. The van der Waals surface area contributed by atoms with Crippen LogP contribution >= 0.6 is 15.9 Å². The zero-order chi connectivity index (χ0) is 12.3. The minimum Gasteiger partial charge on any atom is -0.388 e. The lowest BCUT2D eigenvalue weighted by Gasteiger charge is -2.13. The second-order valence-corrected chi connectivity index (χ2v) is 4.73. The van der Waals surface area contributed by atoms with E-state index in [0.717, 1.165) is 5.56 Å². The molecule has 0 fully saturated rings. The maximum Gasteiger partial charge on any atom is 0.124 e. The average Bonchev–Trinajstić information content (AvgIpc) is 2.30. The normalized spacial score (nSPS) is 12.4. The Balaban J connectivity index is 2.17. The summed E-state index contributed by atoms with van der Waals surface area (Å²) in [5, 5.41) is 10.1. The molecule has 0 bridgehead atoms. The number of rotatable bonds is 3. The van der Waals surface area contributed by atoms with Crippen LogP contribution in [-0.4, -0.2) is 5.11 Å². The van der Waals surface area contributed by atoms with Crippen LogP contribution in [0.5, 0.6) is 0 Å². The Morgan fingerprint density at radius 3 is 2.47 bits per heavy atom. The fourth-order valence-electron chi connectivity index (χ4n) is 1.72. The van der Waals surface area contributed by atoms with Crippen molar-refractivity contribution < 1.29 is 9.50 Å². The largest absolute Gasteiger partial charge is 0.388 e. The Labute approximate surface area is 108 Å². The minimum absolute atomic E-state index is 0.312. The lowest BCUT2D eigenvalue weighted by Crippen LogP contribution is -2.02. The number of benzene rings is 2. The Kier molecular flexibility index (Phi) is 3.92. The number of hydrogen-bond acceptors (Lipinski definition) is 1. The third-order valence-corrected chi connectivity index (χ3v) is 3.28. The number of aliphatic hydroxyl groups is 1. The van der Waals surface area contributed by atoms with E-state index in [-0.39, 0.29) is 5.82 Å². The predicted octanol–water partition coefficient (Wildman–Crippen LogP) is 3.86. The third kappa shape index (κ3) is 3.14. The summed E-state index contributed by atoms with van der Waals surface area (Å²) in [6, 6.07) is 14.0. The van der Waals surface area contributed by atoms with E-state index in [4.69, 9.17) is 0 Å². The van der Waals surface area contributed by atoms with E-state index in [0.29, 0.717) is 16.5 Å². The minimum atomic E-state index is -0.632. The van der Waals surface area contributed by atoms with E-state index in [9.17, 15) is 9.50 Å². The van der Waals surface area contributed by atoms with Gasteiger partial charge in [-0.3, -0.25) is 0 Å². The molecule has 2 aromatic rings. The fraction of sp³-hybridized carbons (Fsp3) is 0.143. The van der Waals surface area contributed by atoms with Crippen LogP contribution in [0.3, 0.4) is 0 Å².